The number of fused-ring (bicyclic) bond motifs is 1. The molecule has 2 heterocycles. The number of esters is 2. The molecule has 1 fully saturated rings. The zero-order valence-electron chi connectivity index (χ0n) is 21.7. The lowest BCUT2D eigenvalue weighted by molar-refractivity contribution is -0.146. The molecule has 0 unspecified atom stereocenters. The number of nitrogens with one attached hydrogen (secondary N) is 1. The number of methoxy groups -OCH3 is 2. The molecule has 1 saturated heterocycles. The average Bonchev–Trinajstić information content (AvgIpc) is 3.45. The van der Waals surface area contributed by atoms with Crippen molar-refractivity contribution in [1.29, 1.82) is 0 Å². The number of benzene rings is 3. The normalized spacial score (nSPS) is 20.5. The summed E-state index contributed by atoms with van der Waals surface area (Å²) in [6.07, 6.45) is 0. The van der Waals surface area contributed by atoms with Gasteiger partial charge in [-0.25, -0.2) is 14.6 Å². The maximum absolute atomic E-state index is 14.1. The van der Waals surface area contributed by atoms with E-state index in [1.54, 1.807) is 35.3 Å². The quantitative estimate of drug-likeness (QED) is 0.493. The molecule has 0 bridgehead atoms. The van der Waals surface area contributed by atoms with Crippen molar-refractivity contribution in [1.82, 2.24) is 15.3 Å². The third kappa shape index (κ3) is 4.46. The van der Waals surface area contributed by atoms with Crippen LogP contribution in [0.1, 0.15) is 39.1 Å². The van der Waals surface area contributed by atoms with Gasteiger partial charge in [-0.1, -0.05) is 78.4 Å². The van der Waals surface area contributed by atoms with Crippen molar-refractivity contribution in [2.45, 2.75) is 25.0 Å². The van der Waals surface area contributed by atoms with Gasteiger partial charge in [0, 0.05) is 5.56 Å². The first-order valence-corrected chi connectivity index (χ1v) is 12.4. The van der Waals surface area contributed by atoms with Crippen molar-refractivity contribution in [2.75, 3.05) is 14.2 Å². The molecular weight excluding hydrogens is 498 g/mol. The maximum atomic E-state index is 14.1. The maximum Gasteiger partial charge on any atom is 0.356 e. The molecule has 5 rings (SSSR count). The van der Waals surface area contributed by atoms with E-state index in [1.165, 1.54) is 14.2 Å². The molecule has 2 amide bonds. The van der Waals surface area contributed by atoms with Crippen molar-refractivity contribution in [3.05, 3.63) is 118 Å². The molecule has 3 aromatic carbocycles. The average molecular weight is 526 g/mol. The molecule has 39 heavy (non-hydrogen) atoms. The van der Waals surface area contributed by atoms with Crippen molar-refractivity contribution in [3.8, 4) is 0 Å². The van der Waals surface area contributed by atoms with Gasteiger partial charge in [0.25, 0.3) is 11.8 Å². The first kappa shape index (κ1) is 25.9. The Balaban J connectivity index is 1.71. The standard InChI is InChI=1S/C30H27N3O6/c1-18-14-16-20(17-15-18)24-22(29(36)38-2)26(30(37)39-3)33-28(35)23(31-27(34)21-12-8-5-9-13-21)25(32(24)33)19-10-6-4-7-11-19/h4-17,23-25H,1-3H3,(H,31,34)/t23-,24+,25-/m1/s1. The van der Waals surface area contributed by atoms with E-state index in [0.717, 1.165) is 10.6 Å². The van der Waals surface area contributed by atoms with Crippen LogP contribution in [0.4, 0.5) is 0 Å². The molecule has 0 aromatic heterocycles. The molecule has 1 N–H and O–H groups in total. The minimum absolute atomic E-state index is 0.0182. The van der Waals surface area contributed by atoms with Gasteiger partial charge in [-0.05, 0) is 30.2 Å². The third-order valence-electron chi connectivity index (χ3n) is 6.95. The largest absolute Gasteiger partial charge is 0.466 e. The van der Waals surface area contributed by atoms with E-state index < -0.39 is 41.9 Å². The number of rotatable bonds is 6. The fourth-order valence-electron chi connectivity index (χ4n) is 5.17. The van der Waals surface area contributed by atoms with Crippen LogP contribution in [0.25, 0.3) is 0 Å². The van der Waals surface area contributed by atoms with Gasteiger partial charge in [0.2, 0.25) is 0 Å². The zero-order chi connectivity index (χ0) is 27.7. The van der Waals surface area contributed by atoms with E-state index in [-0.39, 0.29) is 11.3 Å². The number of hydrazine groups is 1. The van der Waals surface area contributed by atoms with Crippen LogP contribution in [0.5, 0.6) is 0 Å². The molecular formula is C30H27N3O6. The monoisotopic (exact) mass is 525 g/mol. The van der Waals surface area contributed by atoms with Gasteiger partial charge < -0.3 is 14.8 Å². The molecule has 2 aliphatic rings. The van der Waals surface area contributed by atoms with Crippen LogP contribution in [0.15, 0.2) is 96.2 Å². The van der Waals surface area contributed by atoms with E-state index in [0.29, 0.717) is 16.7 Å². The van der Waals surface area contributed by atoms with Crippen molar-refractivity contribution >= 4 is 23.8 Å². The molecule has 198 valence electrons. The van der Waals surface area contributed by atoms with Crippen LogP contribution in [0.3, 0.4) is 0 Å². The topological polar surface area (TPSA) is 105 Å². The number of hydrogen-bond donors (Lipinski definition) is 1. The number of carbonyl (C=O) groups excluding carboxylic acids is 4. The van der Waals surface area contributed by atoms with Crippen molar-refractivity contribution < 1.29 is 28.7 Å². The molecule has 0 saturated carbocycles. The highest BCUT2D eigenvalue weighted by Gasteiger charge is 2.60. The number of aryl methyl sites for hydroxylation is 1. The first-order chi connectivity index (χ1) is 18.9. The Morgan fingerprint density at radius 2 is 1.36 bits per heavy atom. The van der Waals surface area contributed by atoms with E-state index in [9.17, 15) is 19.2 Å². The smallest absolute Gasteiger partial charge is 0.356 e. The van der Waals surface area contributed by atoms with Crippen LogP contribution in [-0.2, 0) is 23.9 Å². The molecule has 9 heteroatoms. The minimum Gasteiger partial charge on any atom is -0.466 e. The van der Waals surface area contributed by atoms with Crippen molar-refractivity contribution in [3.63, 3.8) is 0 Å². The summed E-state index contributed by atoms with van der Waals surface area (Å²) in [5, 5.41) is 5.70. The van der Waals surface area contributed by atoms with E-state index >= 15 is 0 Å². The predicted octanol–water partition coefficient (Wildman–Crippen LogP) is 3.25. The Kier molecular flexibility index (Phi) is 7.00. The third-order valence-corrected chi connectivity index (χ3v) is 6.95. The fourth-order valence-corrected chi connectivity index (χ4v) is 5.17. The van der Waals surface area contributed by atoms with Crippen LogP contribution < -0.4 is 5.32 Å². The Labute approximate surface area is 225 Å². The fraction of sp³-hybridized carbons (Fsp3) is 0.200. The lowest BCUT2D eigenvalue weighted by Crippen LogP contribution is -2.44. The van der Waals surface area contributed by atoms with Gasteiger partial charge in [0.15, 0.2) is 5.70 Å². The first-order valence-electron chi connectivity index (χ1n) is 12.4. The van der Waals surface area contributed by atoms with Crippen molar-refractivity contribution in [2.24, 2.45) is 0 Å². The molecule has 0 spiro atoms. The molecule has 3 atom stereocenters. The van der Waals surface area contributed by atoms with Gasteiger partial charge in [-0.2, -0.15) is 5.01 Å². The SMILES string of the molecule is COC(=O)C1=C(C(=O)OC)N2C(=O)[C@H](NC(=O)c3ccccc3)[C@@H](c3ccccc3)N2[C@H]1c1ccc(C)cc1. The van der Waals surface area contributed by atoms with E-state index in [2.05, 4.69) is 5.32 Å². The number of ether oxygens (including phenoxy) is 2. The summed E-state index contributed by atoms with van der Waals surface area (Å²) in [5.41, 5.74) is 2.49. The number of amides is 2. The van der Waals surface area contributed by atoms with Gasteiger partial charge in [0.05, 0.1) is 31.9 Å². The number of carbonyl (C=O) groups is 4. The molecule has 3 aromatic rings. The van der Waals surface area contributed by atoms with Crippen LogP contribution >= 0.6 is 0 Å². The summed E-state index contributed by atoms with van der Waals surface area (Å²) in [5.74, 6) is -2.66. The van der Waals surface area contributed by atoms with E-state index in [4.69, 9.17) is 9.47 Å². The molecule has 0 radical (unpaired) electrons. The predicted molar refractivity (Wildman–Crippen MR) is 141 cm³/mol. The molecule has 2 aliphatic heterocycles. The van der Waals surface area contributed by atoms with Gasteiger partial charge >= 0.3 is 11.9 Å². The van der Waals surface area contributed by atoms with Crippen LogP contribution in [-0.4, -0.2) is 54.0 Å². The Morgan fingerprint density at radius 1 is 0.769 bits per heavy atom. The number of nitrogens with zero attached hydrogens (tertiary/aromatic N) is 2. The summed E-state index contributed by atoms with van der Waals surface area (Å²) in [4.78, 5) is 53.7. The number of hydrogen-bond acceptors (Lipinski definition) is 7. The summed E-state index contributed by atoms with van der Waals surface area (Å²) in [7, 11) is 2.40. The zero-order valence-corrected chi connectivity index (χ0v) is 21.7. The summed E-state index contributed by atoms with van der Waals surface area (Å²) in [6.45, 7) is 1.93. The second-order valence-corrected chi connectivity index (χ2v) is 9.26. The second-order valence-electron chi connectivity index (χ2n) is 9.26. The Morgan fingerprint density at radius 3 is 1.95 bits per heavy atom. The Bertz CT molecular complexity index is 1450. The summed E-state index contributed by atoms with van der Waals surface area (Å²) < 4.78 is 10.1. The summed E-state index contributed by atoms with van der Waals surface area (Å²) in [6, 6.07) is 22.4. The van der Waals surface area contributed by atoms with E-state index in [1.807, 2.05) is 61.5 Å². The summed E-state index contributed by atoms with van der Waals surface area (Å²) >= 11 is 0. The van der Waals surface area contributed by atoms with Gasteiger partial charge in [-0.3, -0.25) is 9.59 Å². The second kappa shape index (κ2) is 10.5. The van der Waals surface area contributed by atoms with Crippen LogP contribution in [0, 0.1) is 6.92 Å². The lowest BCUT2D eigenvalue weighted by atomic mass is 9.92. The highest BCUT2D eigenvalue weighted by molar-refractivity contribution is 6.07. The lowest BCUT2D eigenvalue weighted by Gasteiger charge is -2.33. The minimum atomic E-state index is -1.08. The van der Waals surface area contributed by atoms with Crippen LogP contribution in [0.2, 0.25) is 0 Å². The highest BCUT2D eigenvalue weighted by atomic mass is 16.5. The van der Waals surface area contributed by atoms with Gasteiger partial charge in [-0.15, -0.1) is 0 Å². The Hall–Kier alpha value is -4.76. The van der Waals surface area contributed by atoms with Gasteiger partial charge in [0.1, 0.15) is 6.04 Å². The highest BCUT2D eigenvalue weighted by Crippen LogP contribution is 2.51. The molecule has 9 nitrogen and oxygen atoms in total. The molecule has 0 aliphatic carbocycles.